The Morgan fingerprint density at radius 3 is 2.83 bits per heavy atom. The Balaban J connectivity index is 1.62. The number of fused-ring (bicyclic) bond motifs is 1. The van der Waals surface area contributed by atoms with E-state index in [4.69, 9.17) is 9.15 Å². The average molecular weight is 316 g/mol. The van der Waals surface area contributed by atoms with Crippen LogP contribution < -0.4 is 10.6 Å². The smallest absolute Gasteiger partial charge is 0.315 e. The number of rotatable bonds is 4. The number of ether oxygens (including phenoxy) is 1. The lowest BCUT2D eigenvalue weighted by Crippen LogP contribution is -2.42. The van der Waals surface area contributed by atoms with Gasteiger partial charge in [-0.25, -0.2) is 4.79 Å². The van der Waals surface area contributed by atoms with E-state index in [1.54, 1.807) is 7.11 Å². The maximum absolute atomic E-state index is 12.2. The van der Waals surface area contributed by atoms with Crippen molar-refractivity contribution in [2.45, 2.75) is 51.3 Å². The van der Waals surface area contributed by atoms with Crippen LogP contribution in [-0.2, 0) is 4.74 Å². The van der Waals surface area contributed by atoms with Crippen molar-refractivity contribution >= 4 is 17.0 Å². The van der Waals surface area contributed by atoms with Crippen molar-refractivity contribution in [2.75, 3.05) is 7.11 Å². The lowest BCUT2D eigenvalue weighted by Gasteiger charge is -2.17. The predicted molar refractivity (Wildman–Crippen MR) is 89.5 cm³/mol. The predicted octanol–water partition coefficient (Wildman–Crippen LogP) is 3.67. The third kappa shape index (κ3) is 3.34. The number of amides is 2. The van der Waals surface area contributed by atoms with Crippen LogP contribution in [0.3, 0.4) is 0 Å². The molecule has 3 atom stereocenters. The Morgan fingerprint density at radius 2 is 2.13 bits per heavy atom. The largest absolute Gasteiger partial charge is 0.459 e. The standard InChI is InChI=1S/C18H24N2O3/c1-11-15-6-4-5-7-16(15)23-17(11)12(2)19-18(21)20-13-8-9-14(10-13)22-3/h4-7,12-14H,8-10H2,1-3H3,(H2,19,20,21)/t12-,13?,14?/m1/s1. The number of para-hydroxylation sites is 1. The molecular weight excluding hydrogens is 292 g/mol. The van der Waals surface area contributed by atoms with Gasteiger partial charge in [-0.05, 0) is 39.2 Å². The zero-order chi connectivity index (χ0) is 16.4. The molecule has 3 rings (SSSR count). The van der Waals surface area contributed by atoms with Gasteiger partial charge < -0.3 is 19.8 Å². The first kappa shape index (κ1) is 15.9. The first-order valence-corrected chi connectivity index (χ1v) is 8.16. The number of hydrogen-bond donors (Lipinski definition) is 2. The monoisotopic (exact) mass is 316 g/mol. The fraction of sp³-hybridized carbons (Fsp3) is 0.500. The first-order chi connectivity index (χ1) is 11.1. The van der Waals surface area contributed by atoms with Gasteiger partial charge in [0.2, 0.25) is 0 Å². The molecule has 0 saturated heterocycles. The van der Waals surface area contributed by atoms with Crippen LogP contribution in [-0.4, -0.2) is 25.3 Å². The van der Waals surface area contributed by atoms with Gasteiger partial charge in [-0.3, -0.25) is 0 Å². The third-order valence-electron chi connectivity index (χ3n) is 4.67. The normalized spacial score (nSPS) is 22.2. The minimum absolute atomic E-state index is 0.154. The van der Waals surface area contributed by atoms with Gasteiger partial charge in [-0.15, -0.1) is 0 Å². The summed E-state index contributed by atoms with van der Waals surface area (Å²) >= 11 is 0. The molecule has 1 aliphatic carbocycles. The zero-order valence-corrected chi connectivity index (χ0v) is 13.9. The van der Waals surface area contributed by atoms with E-state index < -0.39 is 0 Å². The number of aryl methyl sites for hydroxylation is 1. The van der Waals surface area contributed by atoms with E-state index in [2.05, 4.69) is 10.6 Å². The molecule has 1 aromatic heterocycles. The van der Waals surface area contributed by atoms with Crippen LogP contribution >= 0.6 is 0 Å². The number of benzene rings is 1. The lowest BCUT2D eigenvalue weighted by atomic mass is 10.1. The summed E-state index contributed by atoms with van der Waals surface area (Å²) in [4.78, 5) is 12.2. The number of furan rings is 1. The molecule has 0 aliphatic heterocycles. The molecule has 1 fully saturated rings. The highest BCUT2D eigenvalue weighted by atomic mass is 16.5. The van der Waals surface area contributed by atoms with E-state index in [0.29, 0.717) is 0 Å². The van der Waals surface area contributed by atoms with Crippen LogP contribution in [0.15, 0.2) is 28.7 Å². The Morgan fingerprint density at radius 1 is 1.35 bits per heavy atom. The van der Waals surface area contributed by atoms with Crippen LogP contribution in [0.1, 0.15) is 43.6 Å². The highest BCUT2D eigenvalue weighted by Crippen LogP contribution is 2.29. The van der Waals surface area contributed by atoms with Crippen LogP contribution in [0.5, 0.6) is 0 Å². The molecule has 2 aromatic rings. The molecule has 2 N–H and O–H groups in total. The zero-order valence-electron chi connectivity index (χ0n) is 13.9. The summed E-state index contributed by atoms with van der Waals surface area (Å²) in [6.45, 7) is 3.97. The molecule has 2 amide bonds. The van der Waals surface area contributed by atoms with Gasteiger partial charge in [0.05, 0.1) is 12.1 Å². The summed E-state index contributed by atoms with van der Waals surface area (Å²) in [6.07, 6.45) is 3.10. The molecule has 1 aliphatic rings. The van der Waals surface area contributed by atoms with Crippen molar-refractivity contribution in [3.63, 3.8) is 0 Å². The second-order valence-corrected chi connectivity index (χ2v) is 6.29. The van der Waals surface area contributed by atoms with E-state index in [1.807, 2.05) is 38.1 Å². The summed E-state index contributed by atoms with van der Waals surface area (Å²) in [5.74, 6) is 0.808. The summed E-state index contributed by atoms with van der Waals surface area (Å²) in [5.41, 5.74) is 1.93. The minimum atomic E-state index is -0.179. The number of urea groups is 1. The molecular formula is C18H24N2O3. The number of nitrogens with one attached hydrogen (secondary N) is 2. The molecule has 2 unspecified atom stereocenters. The Hall–Kier alpha value is -2.01. The number of carbonyl (C=O) groups excluding carboxylic acids is 1. The van der Waals surface area contributed by atoms with Gasteiger partial charge in [0, 0.05) is 24.1 Å². The van der Waals surface area contributed by atoms with E-state index in [1.165, 1.54) is 0 Å². The van der Waals surface area contributed by atoms with Gasteiger partial charge in [-0.1, -0.05) is 18.2 Å². The van der Waals surface area contributed by atoms with Gasteiger partial charge in [0.1, 0.15) is 11.3 Å². The molecule has 23 heavy (non-hydrogen) atoms. The van der Waals surface area contributed by atoms with Gasteiger partial charge in [-0.2, -0.15) is 0 Å². The molecule has 5 nitrogen and oxygen atoms in total. The molecule has 124 valence electrons. The second-order valence-electron chi connectivity index (χ2n) is 6.29. The van der Waals surface area contributed by atoms with Crippen molar-refractivity contribution < 1.29 is 13.9 Å². The second kappa shape index (κ2) is 6.62. The molecule has 0 spiro atoms. The molecule has 0 bridgehead atoms. The lowest BCUT2D eigenvalue weighted by molar-refractivity contribution is 0.107. The van der Waals surface area contributed by atoms with Crippen LogP contribution in [0.2, 0.25) is 0 Å². The highest BCUT2D eigenvalue weighted by molar-refractivity contribution is 5.82. The average Bonchev–Trinajstić information content (AvgIpc) is 3.12. The maximum Gasteiger partial charge on any atom is 0.315 e. The van der Waals surface area contributed by atoms with Crippen LogP contribution in [0.25, 0.3) is 11.0 Å². The van der Waals surface area contributed by atoms with E-state index in [-0.39, 0.29) is 24.2 Å². The fourth-order valence-corrected chi connectivity index (χ4v) is 3.38. The van der Waals surface area contributed by atoms with Crippen molar-refractivity contribution in [3.05, 3.63) is 35.6 Å². The quantitative estimate of drug-likeness (QED) is 0.904. The third-order valence-corrected chi connectivity index (χ3v) is 4.67. The van der Waals surface area contributed by atoms with Gasteiger partial charge in [0.25, 0.3) is 0 Å². The molecule has 1 saturated carbocycles. The SMILES string of the molecule is COC1CCC(NC(=O)N[C@H](C)c2oc3ccccc3c2C)C1. The summed E-state index contributed by atoms with van der Waals surface area (Å²) in [7, 11) is 1.72. The van der Waals surface area contributed by atoms with Gasteiger partial charge >= 0.3 is 6.03 Å². The minimum Gasteiger partial charge on any atom is -0.459 e. The maximum atomic E-state index is 12.2. The Bertz CT molecular complexity index is 695. The van der Waals surface area contributed by atoms with Crippen molar-refractivity contribution in [1.82, 2.24) is 10.6 Å². The molecule has 0 radical (unpaired) electrons. The topological polar surface area (TPSA) is 63.5 Å². The van der Waals surface area contributed by atoms with E-state index >= 15 is 0 Å². The van der Waals surface area contributed by atoms with Crippen LogP contribution in [0.4, 0.5) is 4.79 Å². The molecule has 5 heteroatoms. The molecule has 1 aromatic carbocycles. The van der Waals surface area contributed by atoms with E-state index in [0.717, 1.165) is 41.6 Å². The molecule has 1 heterocycles. The van der Waals surface area contributed by atoms with Crippen molar-refractivity contribution in [3.8, 4) is 0 Å². The highest BCUT2D eigenvalue weighted by Gasteiger charge is 2.26. The number of hydrogen-bond acceptors (Lipinski definition) is 3. The van der Waals surface area contributed by atoms with Crippen molar-refractivity contribution in [1.29, 1.82) is 0 Å². The Kier molecular flexibility index (Phi) is 4.57. The van der Waals surface area contributed by atoms with Crippen LogP contribution in [0, 0.1) is 6.92 Å². The number of methoxy groups -OCH3 is 1. The number of carbonyl (C=O) groups is 1. The Labute approximate surface area is 136 Å². The first-order valence-electron chi connectivity index (χ1n) is 8.16. The summed E-state index contributed by atoms with van der Waals surface area (Å²) < 4.78 is 11.2. The van der Waals surface area contributed by atoms with E-state index in [9.17, 15) is 4.79 Å². The summed E-state index contributed by atoms with van der Waals surface area (Å²) in [6, 6.07) is 7.78. The fourth-order valence-electron chi connectivity index (χ4n) is 3.38. The van der Waals surface area contributed by atoms with Crippen molar-refractivity contribution in [2.24, 2.45) is 0 Å². The van der Waals surface area contributed by atoms with Gasteiger partial charge in [0.15, 0.2) is 0 Å². The summed E-state index contributed by atoms with van der Waals surface area (Å²) in [5, 5.41) is 7.09.